The topological polar surface area (TPSA) is 73.9 Å². The number of hydrogen-bond acceptors (Lipinski definition) is 5. The Morgan fingerprint density at radius 2 is 1.83 bits per heavy atom. The highest BCUT2D eigenvalue weighted by Gasteiger charge is 2.33. The summed E-state index contributed by atoms with van der Waals surface area (Å²) in [5.41, 5.74) is -0.0959. The zero-order chi connectivity index (χ0) is 22.6. The van der Waals surface area contributed by atoms with Gasteiger partial charge in [0.05, 0.1) is 13.2 Å². The number of hydrogen-bond donors (Lipinski definition) is 1. The van der Waals surface area contributed by atoms with Gasteiger partial charge in [-0.1, -0.05) is 47.0 Å². The fourth-order valence-corrected chi connectivity index (χ4v) is 2.91. The second-order valence-corrected chi connectivity index (χ2v) is 8.13. The van der Waals surface area contributed by atoms with Gasteiger partial charge in [0.25, 0.3) is 5.91 Å². The fourth-order valence-electron chi connectivity index (χ4n) is 2.91. The lowest BCUT2D eigenvalue weighted by Gasteiger charge is -2.29. The average Bonchev–Trinajstić information content (AvgIpc) is 2.71. The maximum atomic E-state index is 13.1. The molecule has 1 N–H and O–H groups in total. The molecule has 30 heavy (non-hydrogen) atoms. The van der Waals surface area contributed by atoms with Crippen LogP contribution in [0.15, 0.2) is 18.2 Å². The number of carbonyl (C=O) groups is 2. The maximum absolute atomic E-state index is 13.1. The first-order valence-electron chi connectivity index (χ1n) is 11.2. The lowest BCUT2D eigenvalue weighted by atomic mass is 9.96. The number of carbonyl (C=O) groups excluding carboxylic acids is 2. The molecular formula is C24H39NO5. The van der Waals surface area contributed by atoms with Crippen LogP contribution >= 0.6 is 0 Å². The van der Waals surface area contributed by atoms with Crippen molar-refractivity contribution in [2.75, 3.05) is 25.1 Å². The number of nitrogens with one attached hydrogen (secondary N) is 1. The highest BCUT2D eigenvalue weighted by atomic mass is 16.5. The van der Waals surface area contributed by atoms with Crippen LogP contribution in [0.4, 0.5) is 5.69 Å². The molecule has 0 aliphatic carbocycles. The first-order chi connectivity index (χ1) is 14.3. The third kappa shape index (κ3) is 8.34. The Morgan fingerprint density at radius 3 is 2.43 bits per heavy atom. The number of benzene rings is 1. The minimum absolute atomic E-state index is 0.210. The van der Waals surface area contributed by atoms with Crippen LogP contribution in [0.2, 0.25) is 0 Å². The average molecular weight is 422 g/mol. The zero-order valence-electron chi connectivity index (χ0n) is 19.5. The molecule has 0 unspecified atom stereocenters. The molecular weight excluding hydrogens is 382 g/mol. The van der Waals surface area contributed by atoms with Gasteiger partial charge >= 0.3 is 5.97 Å². The van der Waals surface area contributed by atoms with Gasteiger partial charge in [0.2, 0.25) is 0 Å². The molecule has 170 valence electrons. The first-order valence-corrected chi connectivity index (χ1v) is 11.2. The molecule has 0 bridgehead atoms. The largest absolute Gasteiger partial charge is 0.492 e. The van der Waals surface area contributed by atoms with Crippen LogP contribution in [0.3, 0.4) is 0 Å². The molecule has 6 nitrogen and oxygen atoms in total. The number of esters is 1. The molecule has 0 spiro atoms. The minimum Gasteiger partial charge on any atom is -0.492 e. The van der Waals surface area contributed by atoms with Crippen molar-refractivity contribution >= 4 is 17.6 Å². The molecule has 0 aromatic heterocycles. The van der Waals surface area contributed by atoms with Crippen LogP contribution in [0.5, 0.6) is 5.75 Å². The third-order valence-corrected chi connectivity index (χ3v) is 4.67. The fraction of sp³-hybridized carbons (Fsp3) is 0.667. The SMILES string of the molecule is CCCCC[C@@](C)(OCCC)C(=O)Nc1ccc(OCC(C)C)c(C(=O)OCC)c1. The summed E-state index contributed by atoms with van der Waals surface area (Å²) in [5.74, 6) is 0.0880. The molecule has 1 aromatic rings. The molecule has 0 radical (unpaired) electrons. The van der Waals surface area contributed by atoms with E-state index in [-0.39, 0.29) is 12.5 Å². The van der Waals surface area contributed by atoms with Crippen LogP contribution in [0.1, 0.15) is 84.0 Å². The molecule has 0 fully saturated rings. The van der Waals surface area contributed by atoms with E-state index >= 15 is 0 Å². The Labute approximate surface area is 181 Å². The van der Waals surface area contributed by atoms with Crippen molar-refractivity contribution in [3.8, 4) is 5.75 Å². The molecule has 1 rings (SSSR count). The zero-order valence-corrected chi connectivity index (χ0v) is 19.5. The Kier molecular flexibility index (Phi) is 11.5. The highest BCUT2D eigenvalue weighted by molar-refractivity contribution is 5.99. The summed E-state index contributed by atoms with van der Waals surface area (Å²) in [5, 5.41) is 2.92. The van der Waals surface area contributed by atoms with E-state index in [2.05, 4.69) is 12.2 Å². The standard InChI is InChI=1S/C24H39NO5/c1-7-10-11-14-24(6,30-15-8-2)23(27)25-19-12-13-21(29-17-18(4)5)20(16-19)22(26)28-9-3/h12-13,16,18H,7-11,14-15,17H2,1-6H3,(H,25,27)/t24-/m1/s1. The van der Waals surface area contributed by atoms with E-state index in [1.165, 1.54) is 0 Å². The van der Waals surface area contributed by atoms with Crippen LogP contribution in [-0.2, 0) is 14.3 Å². The Hall–Kier alpha value is -2.08. The van der Waals surface area contributed by atoms with Crippen molar-refractivity contribution in [1.29, 1.82) is 0 Å². The van der Waals surface area contributed by atoms with Crippen molar-refractivity contribution in [3.05, 3.63) is 23.8 Å². The van der Waals surface area contributed by atoms with E-state index in [1.807, 2.05) is 27.7 Å². The van der Waals surface area contributed by atoms with Crippen molar-refractivity contribution in [3.63, 3.8) is 0 Å². The molecule has 1 atom stereocenters. The predicted octanol–water partition coefficient (Wildman–Crippen LogP) is 5.60. The van der Waals surface area contributed by atoms with Crippen molar-refractivity contribution in [2.45, 2.75) is 79.2 Å². The monoisotopic (exact) mass is 421 g/mol. The van der Waals surface area contributed by atoms with E-state index in [9.17, 15) is 9.59 Å². The number of anilines is 1. The Balaban J connectivity index is 3.06. The van der Waals surface area contributed by atoms with E-state index < -0.39 is 11.6 Å². The summed E-state index contributed by atoms with van der Waals surface area (Å²) in [6.45, 7) is 13.1. The predicted molar refractivity (Wildman–Crippen MR) is 120 cm³/mol. The van der Waals surface area contributed by atoms with Crippen LogP contribution < -0.4 is 10.1 Å². The van der Waals surface area contributed by atoms with E-state index in [0.717, 1.165) is 25.7 Å². The lowest BCUT2D eigenvalue weighted by molar-refractivity contribution is -0.140. The molecule has 0 heterocycles. The van der Waals surface area contributed by atoms with Crippen LogP contribution in [0.25, 0.3) is 0 Å². The second-order valence-electron chi connectivity index (χ2n) is 8.13. The van der Waals surface area contributed by atoms with Gasteiger partial charge in [-0.2, -0.15) is 0 Å². The van der Waals surface area contributed by atoms with Gasteiger partial charge in [0.1, 0.15) is 16.9 Å². The van der Waals surface area contributed by atoms with Gasteiger partial charge in [0, 0.05) is 12.3 Å². The number of amides is 1. The number of ether oxygens (including phenoxy) is 3. The molecule has 1 amide bonds. The van der Waals surface area contributed by atoms with Crippen molar-refractivity contribution < 1.29 is 23.8 Å². The summed E-state index contributed by atoms with van der Waals surface area (Å²) in [4.78, 5) is 25.5. The van der Waals surface area contributed by atoms with Gasteiger partial charge in [-0.05, 0) is 50.8 Å². The molecule has 0 saturated carbocycles. The maximum Gasteiger partial charge on any atom is 0.341 e. The summed E-state index contributed by atoms with van der Waals surface area (Å²) in [7, 11) is 0. The minimum atomic E-state index is -0.915. The van der Waals surface area contributed by atoms with Crippen molar-refractivity contribution in [1.82, 2.24) is 0 Å². The van der Waals surface area contributed by atoms with E-state index in [0.29, 0.717) is 42.6 Å². The van der Waals surface area contributed by atoms with Gasteiger partial charge in [-0.25, -0.2) is 4.79 Å². The van der Waals surface area contributed by atoms with Gasteiger partial charge in [-0.3, -0.25) is 4.79 Å². The first kappa shape index (κ1) is 26.0. The van der Waals surface area contributed by atoms with E-state index in [4.69, 9.17) is 14.2 Å². The molecule has 1 aromatic carbocycles. The van der Waals surface area contributed by atoms with Gasteiger partial charge < -0.3 is 19.5 Å². The smallest absolute Gasteiger partial charge is 0.341 e. The van der Waals surface area contributed by atoms with Gasteiger partial charge in [0.15, 0.2) is 0 Å². The normalized spacial score (nSPS) is 13.0. The quantitative estimate of drug-likeness (QED) is 0.312. The summed E-state index contributed by atoms with van der Waals surface area (Å²) in [6.07, 6.45) is 4.53. The third-order valence-electron chi connectivity index (χ3n) is 4.67. The molecule has 0 aliphatic heterocycles. The molecule has 0 aliphatic rings. The second kappa shape index (κ2) is 13.3. The Bertz CT molecular complexity index is 674. The van der Waals surface area contributed by atoms with E-state index in [1.54, 1.807) is 25.1 Å². The summed E-state index contributed by atoms with van der Waals surface area (Å²) >= 11 is 0. The Morgan fingerprint density at radius 1 is 1.10 bits per heavy atom. The number of unbranched alkanes of at least 4 members (excludes halogenated alkanes) is 2. The lowest BCUT2D eigenvalue weighted by Crippen LogP contribution is -2.43. The molecule has 6 heteroatoms. The van der Waals surface area contributed by atoms with Crippen LogP contribution in [0, 0.1) is 5.92 Å². The van der Waals surface area contributed by atoms with Crippen molar-refractivity contribution in [2.24, 2.45) is 5.92 Å². The summed E-state index contributed by atoms with van der Waals surface area (Å²) < 4.78 is 16.9. The highest BCUT2D eigenvalue weighted by Crippen LogP contribution is 2.27. The number of rotatable bonds is 14. The summed E-state index contributed by atoms with van der Waals surface area (Å²) in [6, 6.07) is 5.05. The molecule has 0 saturated heterocycles. The van der Waals surface area contributed by atoms with Crippen LogP contribution in [-0.4, -0.2) is 37.3 Å². The van der Waals surface area contributed by atoms with Gasteiger partial charge in [-0.15, -0.1) is 0 Å².